The summed E-state index contributed by atoms with van der Waals surface area (Å²) in [4.78, 5) is 42.0. The Labute approximate surface area is 207 Å². The number of benzene rings is 2. The van der Waals surface area contributed by atoms with Gasteiger partial charge in [-0.25, -0.2) is 0 Å². The summed E-state index contributed by atoms with van der Waals surface area (Å²) in [5.41, 5.74) is 1.92. The molecule has 1 N–H and O–H groups in total. The molecule has 0 aromatic heterocycles. The van der Waals surface area contributed by atoms with Gasteiger partial charge in [0.2, 0.25) is 5.91 Å². The molecular formula is C27H35N3O5. The molecule has 1 unspecified atom stereocenters. The summed E-state index contributed by atoms with van der Waals surface area (Å²) in [5.74, 6) is 0.269. The van der Waals surface area contributed by atoms with Crippen molar-refractivity contribution in [2.24, 2.45) is 0 Å². The number of amides is 2. The number of rotatable bonds is 12. The molecule has 2 aromatic carbocycles. The van der Waals surface area contributed by atoms with Crippen LogP contribution in [0.5, 0.6) is 11.5 Å². The van der Waals surface area contributed by atoms with Crippen LogP contribution in [0.15, 0.2) is 42.5 Å². The Hall–Kier alpha value is -3.39. The van der Waals surface area contributed by atoms with Crippen LogP contribution in [-0.2, 0) is 16.0 Å². The van der Waals surface area contributed by atoms with Gasteiger partial charge in [0.25, 0.3) is 5.91 Å². The van der Waals surface area contributed by atoms with E-state index in [1.807, 2.05) is 24.3 Å². The Morgan fingerprint density at radius 1 is 1.14 bits per heavy atom. The second-order valence-corrected chi connectivity index (χ2v) is 8.44. The predicted molar refractivity (Wildman–Crippen MR) is 135 cm³/mol. The van der Waals surface area contributed by atoms with Gasteiger partial charge in [-0.3, -0.25) is 19.3 Å². The minimum Gasteiger partial charge on any atom is -0.485 e. The fourth-order valence-corrected chi connectivity index (χ4v) is 4.00. The molecule has 2 amide bonds. The van der Waals surface area contributed by atoms with Crippen LogP contribution in [0.4, 0.5) is 5.69 Å². The lowest BCUT2D eigenvalue weighted by Crippen LogP contribution is -2.52. The molecule has 35 heavy (non-hydrogen) atoms. The van der Waals surface area contributed by atoms with Crippen LogP contribution in [0.1, 0.15) is 43.6 Å². The first-order valence-electron chi connectivity index (χ1n) is 12.2. The monoisotopic (exact) mass is 481 g/mol. The van der Waals surface area contributed by atoms with Gasteiger partial charge >= 0.3 is 0 Å². The van der Waals surface area contributed by atoms with Gasteiger partial charge < -0.3 is 19.7 Å². The zero-order chi connectivity index (χ0) is 25.4. The summed E-state index contributed by atoms with van der Waals surface area (Å²) < 4.78 is 11.2. The third-order valence-corrected chi connectivity index (χ3v) is 6.23. The highest BCUT2D eigenvalue weighted by Crippen LogP contribution is 2.34. The van der Waals surface area contributed by atoms with Crippen molar-refractivity contribution in [3.8, 4) is 11.5 Å². The van der Waals surface area contributed by atoms with E-state index >= 15 is 0 Å². The van der Waals surface area contributed by atoms with E-state index in [-0.39, 0.29) is 30.8 Å². The SMILES string of the molecule is CCc1cccc(OCC(=O)c2ccc3c(c2)N(C(C)C(=O)NCCN(CC)CC)C(=O)CO3)c1. The molecule has 0 radical (unpaired) electrons. The first-order valence-corrected chi connectivity index (χ1v) is 12.2. The molecule has 8 nitrogen and oxygen atoms in total. The molecule has 1 atom stereocenters. The van der Waals surface area contributed by atoms with E-state index in [9.17, 15) is 14.4 Å². The molecule has 0 bridgehead atoms. The maximum Gasteiger partial charge on any atom is 0.265 e. The molecule has 1 aliphatic heterocycles. The van der Waals surface area contributed by atoms with Crippen molar-refractivity contribution >= 4 is 23.3 Å². The molecule has 0 fully saturated rings. The lowest BCUT2D eigenvalue weighted by Gasteiger charge is -2.33. The standard InChI is InChI=1S/C27H35N3O5/c1-5-20-9-8-10-22(15-20)34-17-24(31)21-11-12-25-23(16-21)30(26(32)18-35-25)19(4)27(33)28-13-14-29(6-2)7-3/h8-12,15-16,19H,5-7,13-14,17-18H2,1-4H3,(H,28,33). The average Bonchev–Trinajstić information content (AvgIpc) is 2.89. The first kappa shape index (κ1) is 26.2. The van der Waals surface area contributed by atoms with Crippen molar-refractivity contribution in [3.05, 3.63) is 53.6 Å². The van der Waals surface area contributed by atoms with Gasteiger partial charge in [-0.2, -0.15) is 0 Å². The molecule has 2 aromatic rings. The van der Waals surface area contributed by atoms with Gasteiger partial charge in [-0.15, -0.1) is 0 Å². The second kappa shape index (κ2) is 12.4. The number of aryl methyl sites for hydroxylation is 1. The van der Waals surface area contributed by atoms with Crippen molar-refractivity contribution < 1.29 is 23.9 Å². The maximum atomic E-state index is 12.9. The lowest BCUT2D eigenvalue weighted by atomic mass is 10.1. The summed E-state index contributed by atoms with van der Waals surface area (Å²) >= 11 is 0. The minimum atomic E-state index is -0.750. The normalized spacial score (nSPS) is 13.7. The van der Waals surface area contributed by atoms with Crippen LogP contribution < -0.4 is 19.7 Å². The van der Waals surface area contributed by atoms with E-state index < -0.39 is 6.04 Å². The van der Waals surface area contributed by atoms with Gasteiger partial charge in [-0.1, -0.05) is 32.9 Å². The zero-order valence-corrected chi connectivity index (χ0v) is 21.0. The fraction of sp³-hybridized carbons (Fsp3) is 0.444. The Bertz CT molecular complexity index is 1050. The number of fused-ring (bicyclic) bond motifs is 1. The van der Waals surface area contributed by atoms with E-state index in [1.54, 1.807) is 25.1 Å². The molecule has 0 spiro atoms. The number of carbonyl (C=O) groups excluding carboxylic acids is 3. The van der Waals surface area contributed by atoms with Crippen molar-refractivity contribution in [2.45, 2.75) is 40.2 Å². The van der Waals surface area contributed by atoms with Crippen molar-refractivity contribution in [2.75, 3.05) is 44.3 Å². The average molecular weight is 482 g/mol. The maximum absolute atomic E-state index is 12.9. The van der Waals surface area contributed by atoms with Crippen LogP contribution in [0.2, 0.25) is 0 Å². The Morgan fingerprint density at radius 2 is 1.91 bits per heavy atom. The predicted octanol–water partition coefficient (Wildman–Crippen LogP) is 3.08. The molecule has 1 aliphatic rings. The number of ether oxygens (including phenoxy) is 2. The van der Waals surface area contributed by atoms with E-state index in [4.69, 9.17) is 9.47 Å². The number of Topliss-reactive ketones (excluding diaryl/α,β-unsaturated/α-hetero) is 1. The van der Waals surface area contributed by atoms with E-state index in [0.29, 0.717) is 29.3 Å². The smallest absolute Gasteiger partial charge is 0.265 e. The Kier molecular flexibility index (Phi) is 9.25. The number of nitrogens with one attached hydrogen (secondary N) is 1. The van der Waals surface area contributed by atoms with Crippen molar-refractivity contribution in [1.29, 1.82) is 0 Å². The number of hydrogen-bond donors (Lipinski definition) is 1. The third-order valence-electron chi connectivity index (χ3n) is 6.23. The number of anilines is 1. The number of nitrogens with zero attached hydrogens (tertiary/aromatic N) is 2. The largest absolute Gasteiger partial charge is 0.485 e. The number of likely N-dealkylation sites (N-methyl/N-ethyl adjacent to an activating group) is 1. The second-order valence-electron chi connectivity index (χ2n) is 8.44. The molecule has 8 heteroatoms. The van der Waals surface area contributed by atoms with Crippen molar-refractivity contribution in [3.63, 3.8) is 0 Å². The summed E-state index contributed by atoms with van der Waals surface area (Å²) in [6.07, 6.45) is 0.876. The number of carbonyl (C=O) groups is 3. The molecule has 0 aliphatic carbocycles. The van der Waals surface area contributed by atoms with E-state index in [2.05, 4.69) is 31.0 Å². The van der Waals surface area contributed by atoms with E-state index in [0.717, 1.165) is 31.6 Å². The molecule has 3 rings (SSSR count). The van der Waals surface area contributed by atoms with Gasteiger partial charge in [0, 0.05) is 18.7 Å². The van der Waals surface area contributed by atoms with Gasteiger partial charge in [0.15, 0.2) is 19.0 Å². The third kappa shape index (κ3) is 6.60. The van der Waals surface area contributed by atoms with Crippen molar-refractivity contribution in [1.82, 2.24) is 10.2 Å². The minimum absolute atomic E-state index is 0.137. The van der Waals surface area contributed by atoms with Crippen LogP contribution in [0, 0.1) is 0 Å². The Morgan fingerprint density at radius 3 is 2.63 bits per heavy atom. The number of ketones is 1. The summed E-state index contributed by atoms with van der Waals surface area (Å²) in [6.45, 7) is 10.6. The van der Waals surface area contributed by atoms with E-state index in [1.165, 1.54) is 4.90 Å². The fourth-order valence-electron chi connectivity index (χ4n) is 4.00. The molecular weight excluding hydrogens is 446 g/mol. The molecule has 1 heterocycles. The lowest BCUT2D eigenvalue weighted by molar-refractivity contribution is -0.127. The van der Waals surface area contributed by atoms with Gasteiger partial charge in [0.1, 0.15) is 17.5 Å². The van der Waals surface area contributed by atoms with Gasteiger partial charge in [-0.05, 0) is 62.3 Å². The highest BCUT2D eigenvalue weighted by molar-refractivity contribution is 6.05. The van der Waals surface area contributed by atoms with Crippen LogP contribution in [0.25, 0.3) is 0 Å². The van der Waals surface area contributed by atoms with Crippen LogP contribution in [0.3, 0.4) is 0 Å². The highest BCUT2D eigenvalue weighted by Gasteiger charge is 2.33. The Balaban J connectivity index is 1.71. The zero-order valence-electron chi connectivity index (χ0n) is 21.0. The quantitative estimate of drug-likeness (QED) is 0.469. The van der Waals surface area contributed by atoms with Gasteiger partial charge in [0.05, 0.1) is 5.69 Å². The first-order chi connectivity index (χ1) is 16.9. The molecule has 188 valence electrons. The summed E-state index contributed by atoms with van der Waals surface area (Å²) in [5, 5.41) is 2.91. The highest BCUT2D eigenvalue weighted by atomic mass is 16.5. The molecule has 0 saturated carbocycles. The number of hydrogen-bond acceptors (Lipinski definition) is 6. The summed E-state index contributed by atoms with van der Waals surface area (Å²) in [7, 11) is 0. The topological polar surface area (TPSA) is 88.2 Å². The molecule has 0 saturated heterocycles. The van der Waals surface area contributed by atoms with Crippen LogP contribution >= 0.6 is 0 Å². The van der Waals surface area contributed by atoms with Crippen LogP contribution in [-0.4, -0.2) is 67.9 Å². The summed E-state index contributed by atoms with van der Waals surface area (Å²) in [6, 6.07) is 11.8.